The van der Waals surface area contributed by atoms with Gasteiger partial charge in [-0.2, -0.15) is 20.4 Å². The Hall–Kier alpha value is -11.1. The van der Waals surface area contributed by atoms with Crippen LogP contribution in [0.15, 0.2) is 122 Å². The van der Waals surface area contributed by atoms with Crippen molar-refractivity contribution < 1.29 is 166 Å². The Balaban J connectivity index is 0.000000142. The van der Waals surface area contributed by atoms with Crippen molar-refractivity contribution in [1.82, 2.24) is 96.6 Å². The van der Waals surface area contributed by atoms with E-state index in [1.165, 1.54) is 24.3 Å². The van der Waals surface area contributed by atoms with Crippen molar-refractivity contribution in [2.75, 3.05) is 47.7 Å². The van der Waals surface area contributed by atoms with Crippen LogP contribution >= 0.6 is 0 Å². The molecular weight excluding hydrogens is 1680 g/mol. The molecular formula is C87H90F4K2N24O9. The Bertz CT molecular complexity index is 5940. The number of anilines is 4. The molecule has 0 bridgehead atoms. The number of carbonyl (C=O) groups excluding carboxylic acids is 1. The van der Waals surface area contributed by atoms with E-state index in [2.05, 4.69) is 90.3 Å². The summed E-state index contributed by atoms with van der Waals surface area (Å²) >= 11 is 0. The van der Waals surface area contributed by atoms with Gasteiger partial charge in [-0.15, -0.1) is 0 Å². The van der Waals surface area contributed by atoms with Gasteiger partial charge in [0.05, 0.1) is 130 Å². The molecule has 12 aromatic heterocycles. The molecule has 0 unspecified atom stereocenters. The van der Waals surface area contributed by atoms with Crippen LogP contribution in [0.5, 0.6) is 23.0 Å². The van der Waals surface area contributed by atoms with E-state index in [1.807, 2.05) is 111 Å². The van der Waals surface area contributed by atoms with E-state index < -0.39 is 0 Å². The smallest absolute Gasteiger partial charge is 1.00 e. The third-order valence-electron chi connectivity index (χ3n) is 21.8. The number of halogens is 4. The van der Waals surface area contributed by atoms with Crippen LogP contribution in [0.3, 0.4) is 0 Å². The van der Waals surface area contributed by atoms with E-state index in [4.69, 9.17) is 39.0 Å². The van der Waals surface area contributed by atoms with E-state index in [0.29, 0.717) is 121 Å². The number of aliphatic hydroxyl groups is 2. The molecule has 0 aliphatic carbocycles. The molecule has 0 radical (unpaired) electrons. The Morgan fingerprint density at radius 2 is 0.643 bits per heavy atom. The van der Waals surface area contributed by atoms with Gasteiger partial charge in [-0.1, -0.05) is 13.8 Å². The van der Waals surface area contributed by atoms with Crippen molar-refractivity contribution >= 4 is 52.9 Å². The average molecular weight is 1770 g/mol. The molecule has 6 N–H and O–H groups in total. The first-order valence-corrected chi connectivity index (χ1v) is 40.2. The third-order valence-corrected chi connectivity index (χ3v) is 21.8. The van der Waals surface area contributed by atoms with Gasteiger partial charge in [-0.05, 0) is 113 Å². The summed E-state index contributed by atoms with van der Waals surface area (Å²) in [7, 11) is 7.55. The zero-order valence-corrected chi connectivity index (χ0v) is 77.9. The molecule has 0 fully saturated rings. The molecule has 0 saturated carbocycles. The molecule has 4 aromatic carbocycles. The third kappa shape index (κ3) is 18.9. The zero-order chi connectivity index (χ0) is 86.7. The van der Waals surface area contributed by atoms with E-state index in [1.54, 1.807) is 79.6 Å². The van der Waals surface area contributed by atoms with E-state index in [0.717, 1.165) is 161 Å². The van der Waals surface area contributed by atoms with Gasteiger partial charge in [0.15, 0.2) is 22.6 Å². The summed E-state index contributed by atoms with van der Waals surface area (Å²) in [6.07, 6.45) is 18.9. The van der Waals surface area contributed by atoms with E-state index in [-0.39, 0.29) is 160 Å². The number of nitrogens with zero attached hydrogens (tertiary/aromatic N) is 20. The van der Waals surface area contributed by atoms with Crippen LogP contribution < -0.4 is 148 Å². The van der Waals surface area contributed by atoms with Gasteiger partial charge in [-0.3, -0.25) is 41.1 Å². The average Bonchev–Trinajstić information content (AvgIpc) is 1.63. The van der Waals surface area contributed by atoms with Crippen LogP contribution in [0.1, 0.15) is 105 Å². The molecule has 0 spiro atoms. The number of hydrogen-bond acceptors (Lipinski definition) is 25. The second-order valence-electron chi connectivity index (χ2n) is 29.9. The minimum absolute atomic E-state index is 0. The predicted octanol–water partition coefficient (Wildman–Crippen LogP) is 5.16. The minimum Gasteiger partial charge on any atom is -1.00 e. The Labute approximate surface area is 806 Å². The fourth-order valence-corrected chi connectivity index (χ4v) is 16.0. The summed E-state index contributed by atoms with van der Waals surface area (Å²) in [5.41, 5.74) is 22.6. The van der Waals surface area contributed by atoms with Crippen molar-refractivity contribution in [2.24, 2.45) is 28.2 Å². The standard InChI is InChI=1S/2C22H23FN6O.2C21H21FN6O2.CH2O3.2K.H/c2*1-4-14-12-29-21(26-14)17(19-9-13(2)27-28(19)3)11-25-22(29)24-10-16-15-7-8-30-20(15)6-5-18(16)23;2*1-12-7-18(27(2)26-12)16-9-24-21(28-10-13(11-29)25-20(16)28)23-8-15-14-5-6-30-19(14)4-3-17(15)22;2-1-4-3;;;/h2*5-6,9,11-12H,4,7-8,10H2,1-3H3,(H,24,25);2*3-4,7,9-10,29H,5-6,8,11H2,1-2H3,(H,23,24);1,3H;;;/q;;;;;2*+1;-1/p-1. The monoisotopic (exact) mass is 1770 g/mol. The number of fused-ring (bicyclic) bond motifs is 8. The molecule has 16 heterocycles. The number of ether oxygens (including phenoxy) is 4. The molecule has 0 amide bonds. The molecule has 0 atom stereocenters. The normalized spacial score (nSPS) is 12.5. The van der Waals surface area contributed by atoms with Crippen molar-refractivity contribution in [3.8, 4) is 68.0 Å². The summed E-state index contributed by atoms with van der Waals surface area (Å²) in [6.45, 7) is 14.8. The van der Waals surface area contributed by atoms with Crippen molar-refractivity contribution in [1.29, 1.82) is 0 Å². The molecule has 642 valence electrons. The summed E-state index contributed by atoms with van der Waals surface area (Å²) in [5, 5.41) is 58.4. The van der Waals surface area contributed by atoms with Crippen LogP contribution in [0.4, 0.5) is 41.4 Å². The number of nitrogens with one attached hydrogen (secondary N) is 4. The van der Waals surface area contributed by atoms with Crippen molar-refractivity contribution in [3.63, 3.8) is 0 Å². The fourth-order valence-electron chi connectivity index (χ4n) is 16.0. The molecule has 0 saturated heterocycles. The maximum Gasteiger partial charge on any atom is 1.00 e. The Kier molecular flexibility index (Phi) is 28.8. The van der Waals surface area contributed by atoms with Gasteiger partial charge in [0.25, 0.3) is 6.47 Å². The van der Waals surface area contributed by atoms with E-state index >= 15 is 0 Å². The SMILES string of the molecule is CCc1cn2c(NCc3c(F)ccc4c3CCO4)ncc(-c3cc(C)nn3C)c2n1.CCc1cn2c(NCc3c(F)ccc4c3CCO4)ncc(-c3cc(C)nn3C)c2n1.Cc1cc(-c2cnc(NCc3c(F)ccc4c3CCO4)n3cc(CO)nc23)n(C)n1.Cc1cc(-c2cnc(NCc3c(F)ccc4c3CCO4)n3cc(CO)nc23)n(C)n1.O=CO[O-].[H-].[K+].[K+]. The number of aliphatic hydroxyl groups excluding tert-OH is 2. The fraction of sp³-hybridized carbons (Fsp3) is 0.299. The summed E-state index contributed by atoms with van der Waals surface area (Å²) in [4.78, 5) is 48.3. The van der Waals surface area contributed by atoms with E-state index in [9.17, 15) is 27.8 Å². The van der Waals surface area contributed by atoms with Crippen molar-refractivity contribution in [3.05, 3.63) is 236 Å². The Morgan fingerprint density at radius 3 is 0.849 bits per heavy atom. The first-order chi connectivity index (χ1) is 60.1. The first kappa shape index (κ1) is 91.2. The van der Waals surface area contributed by atoms with Gasteiger partial charge in [0.2, 0.25) is 23.8 Å². The molecule has 126 heavy (non-hydrogen) atoms. The topological polar surface area (TPSA) is 367 Å². The largest absolute Gasteiger partial charge is 1.00 e. The molecule has 39 heteroatoms. The van der Waals surface area contributed by atoms with Gasteiger partial charge < -0.3 is 62.0 Å². The van der Waals surface area contributed by atoms with Crippen LogP contribution in [0.25, 0.3) is 67.6 Å². The summed E-state index contributed by atoms with van der Waals surface area (Å²) in [5.74, 6) is 4.26. The first-order valence-electron chi connectivity index (χ1n) is 40.2. The minimum atomic E-state index is -0.272. The molecule has 16 aromatic rings. The number of aromatic nitrogens is 20. The van der Waals surface area contributed by atoms with Gasteiger partial charge in [0, 0.05) is 174 Å². The zero-order valence-electron chi connectivity index (χ0n) is 72.6. The van der Waals surface area contributed by atoms with Crippen LogP contribution in [0.2, 0.25) is 0 Å². The number of hydrogen-bond donors (Lipinski definition) is 6. The number of imidazole rings is 4. The molecule has 20 rings (SSSR count). The van der Waals surface area contributed by atoms with Crippen LogP contribution in [-0.2, 0) is 116 Å². The van der Waals surface area contributed by atoms with Gasteiger partial charge in [0.1, 0.15) is 46.3 Å². The quantitative estimate of drug-likeness (QED) is 0.0178. The number of carbonyl (C=O) groups is 1. The molecule has 33 nitrogen and oxygen atoms in total. The Morgan fingerprint density at radius 1 is 0.413 bits per heavy atom. The molecule has 4 aliphatic heterocycles. The predicted molar refractivity (Wildman–Crippen MR) is 450 cm³/mol. The maximum absolute atomic E-state index is 14.5. The number of aryl methyl sites for hydroxylation is 10. The maximum atomic E-state index is 14.5. The second kappa shape index (κ2) is 39.9. The van der Waals surface area contributed by atoms with Gasteiger partial charge in [-0.25, -0.2) is 57.4 Å². The summed E-state index contributed by atoms with van der Waals surface area (Å²) in [6, 6.07) is 20.5. The van der Waals surface area contributed by atoms with Gasteiger partial charge >= 0.3 is 103 Å². The molecule has 4 aliphatic rings. The second-order valence-corrected chi connectivity index (χ2v) is 29.9. The number of benzene rings is 4. The van der Waals surface area contributed by atoms with Crippen molar-refractivity contribution in [2.45, 2.75) is 119 Å². The van der Waals surface area contributed by atoms with Crippen LogP contribution in [0, 0.1) is 51.0 Å². The summed E-state index contributed by atoms with van der Waals surface area (Å²) < 4.78 is 94.9. The number of rotatable bonds is 21. The van der Waals surface area contributed by atoms with Crippen LogP contribution in [-0.4, -0.2) is 140 Å².